The normalized spacial score (nSPS) is 19.7. The Labute approximate surface area is 155 Å². The third kappa shape index (κ3) is 5.93. The molecule has 26 heavy (non-hydrogen) atoms. The molecule has 6 heteroatoms. The number of rotatable bonds is 8. The van der Waals surface area contributed by atoms with Crippen LogP contribution in [0.5, 0.6) is 11.5 Å². The first-order valence-electron chi connectivity index (χ1n) is 9.25. The number of hydrogen-bond acceptors (Lipinski definition) is 5. The lowest BCUT2D eigenvalue weighted by molar-refractivity contribution is -0.155. The molecular formula is C20H29NO5. The van der Waals surface area contributed by atoms with Crippen LogP contribution in [0.1, 0.15) is 46.0 Å². The van der Waals surface area contributed by atoms with Crippen LogP contribution in [0.15, 0.2) is 24.3 Å². The molecule has 0 N–H and O–H groups in total. The second-order valence-corrected chi connectivity index (χ2v) is 6.72. The van der Waals surface area contributed by atoms with E-state index in [0.29, 0.717) is 13.0 Å². The summed E-state index contributed by atoms with van der Waals surface area (Å²) in [6.45, 7) is 4.33. The minimum absolute atomic E-state index is 0.104. The number of piperidine rings is 1. The van der Waals surface area contributed by atoms with Crippen molar-refractivity contribution in [1.29, 1.82) is 0 Å². The summed E-state index contributed by atoms with van der Waals surface area (Å²) in [7, 11) is 1.61. The lowest BCUT2D eigenvalue weighted by atomic mass is 9.97. The van der Waals surface area contributed by atoms with Crippen LogP contribution in [0.4, 0.5) is 0 Å². The van der Waals surface area contributed by atoms with Crippen LogP contribution in [0.2, 0.25) is 0 Å². The third-order valence-corrected chi connectivity index (χ3v) is 4.69. The van der Waals surface area contributed by atoms with Gasteiger partial charge in [-0.25, -0.2) is 0 Å². The lowest BCUT2D eigenvalue weighted by Crippen LogP contribution is -2.49. The van der Waals surface area contributed by atoms with E-state index in [9.17, 15) is 9.59 Å². The fraction of sp³-hybridized carbons (Fsp3) is 0.600. The summed E-state index contributed by atoms with van der Waals surface area (Å²) in [5.74, 6) is 1.02. The van der Waals surface area contributed by atoms with Gasteiger partial charge in [-0.15, -0.1) is 0 Å². The number of carbonyl (C=O) groups excluding carboxylic acids is 2. The second-order valence-electron chi connectivity index (χ2n) is 6.72. The van der Waals surface area contributed by atoms with Gasteiger partial charge in [-0.2, -0.15) is 0 Å². The van der Waals surface area contributed by atoms with Crippen molar-refractivity contribution in [1.82, 2.24) is 4.90 Å². The second kappa shape index (κ2) is 10.0. The van der Waals surface area contributed by atoms with Gasteiger partial charge in [0.05, 0.1) is 13.7 Å². The van der Waals surface area contributed by atoms with Gasteiger partial charge in [0.1, 0.15) is 11.5 Å². The van der Waals surface area contributed by atoms with Crippen LogP contribution in [-0.2, 0) is 14.3 Å². The van der Waals surface area contributed by atoms with E-state index >= 15 is 0 Å². The highest BCUT2D eigenvalue weighted by Gasteiger charge is 2.29. The molecule has 144 valence electrons. The number of esters is 1. The first-order valence-corrected chi connectivity index (χ1v) is 9.25. The van der Waals surface area contributed by atoms with Gasteiger partial charge in [0.2, 0.25) is 0 Å². The van der Waals surface area contributed by atoms with Crippen molar-refractivity contribution in [2.75, 3.05) is 20.3 Å². The zero-order valence-electron chi connectivity index (χ0n) is 15.9. The van der Waals surface area contributed by atoms with Crippen LogP contribution in [0.25, 0.3) is 0 Å². The molecule has 2 rings (SSSR count). The minimum Gasteiger partial charge on any atom is -0.497 e. The van der Waals surface area contributed by atoms with E-state index in [-0.39, 0.29) is 37.0 Å². The molecule has 0 saturated carbocycles. The van der Waals surface area contributed by atoms with Crippen LogP contribution in [-0.4, -0.2) is 49.2 Å². The average molecular weight is 363 g/mol. The summed E-state index contributed by atoms with van der Waals surface area (Å²) in [4.78, 5) is 26.0. The summed E-state index contributed by atoms with van der Waals surface area (Å²) >= 11 is 0. The number of ether oxygens (including phenoxy) is 3. The van der Waals surface area contributed by atoms with Crippen molar-refractivity contribution in [3.05, 3.63) is 24.3 Å². The largest absolute Gasteiger partial charge is 0.497 e. The molecule has 1 aliphatic heterocycles. The highest BCUT2D eigenvalue weighted by molar-refractivity contribution is 5.81. The van der Waals surface area contributed by atoms with Gasteiger partial charge in [-0.05, 0) is 63.8 Å². The number of benzene rings is 1. The molecule has 1 fully saturated rings. The molecule has 1 saturated heterocycles. The van der Waals surface area contributed by atoms with Crippen molar-refractivity contribution in [2.45, 2.75) is 58.0 Å². The van der Waals surface area contributed by atoms with Crippen LogP contribution >= 0.6 is 0 Å². The van der Waals surface area contributed by atoms with Gasteiger partial charge in [0, 0.05) is 18.5 Å². The maximum Gasteiger partial charge on any atom is 0.306 e. The fourth-order valence-corrected chi connectivity index (χ4v) is 3.28. The van der Waals surface area contributed by atoms with Crippen LogP contribution in [0.3, 0.4) is 0 Å². The first-order chi connectivity index (χ1) is 12.5. The predicted molar refractivity (Wildman–Crippen MR) is 98.3 cm³/mol. The maximum absolute atomic E-state index is 12.3. The van der Waals surface area contributed by atoms with Gasteiger partial charge in [-0.3, -0.25) is 9.59 Å². The Bertz CT molecular complexity index is 576. The molecular weight excluding hydrogens is 334 g/mol. The Morgan fingerprint density at radius 2 is 1.69 bits per heavy atom. The summed E-state index contributed by atoms with van der Waals surface area (Å²) in [6, 6.07) is 7.69. The van der Waals surface area contributed by atoms with Crippen molar-refractivity contribution in [3.63, 3.8) is 0 Å². The molecule has 1 heterocycles. The van der Waals surface area contributed by atoms with Gasteiger partial charge >= 0.3 is 5.97 Å². The minimum atomic E-state index is -0.367. The van der Waals surface area contributed by atoms with E-state index in [4.69, 9.17) is 14.2 Å². The third-order valence-electron chi connectivity index (χ3n) is 4.69. The monoisotopic (exact) mass is 363 g/mol. The molecule has 0 bridgehead atoms. The summed E-state index contributed by atoms with van der Waals surface area (Å²) in [5, 5.41) is 0. The molecule has 1 amide bonds. The smallest absolute Gasteiger partial charge is 0.306 e. The van der Waals surface area contributed by atoms with Gasteiger partial charge in [0.15, 0.2) is 6.61 Å². The fourth-order valence-electron chi connectivity index (χ4n) is 3.28. The summed E-state index contributed by atoms with van der Waals surface area (Å²) in [6.07, 6.45) is 3.92. The average Bonchev–Trinajstić information content (AvgIpc) is 2.64. The first kappa shape index (κ1) is 20.1. The number of nitrogens with zero attached hydrogens (tertiary/aromatic N) is 1. The molecule has 1 aliphatic rings. The highest BCUT2D eigenvalue weighted by atomic mass is 16.5. The number of likely N-dealkylation sites (tertiary alicyclic amines) is 1. The molecule has 2 atom stereocenters. The summed E-state index contributed by atoms with van der Waals surface area (Å²) < 4.78 is 15.8. The molecule has 0 radical (unpaired) electrons. The van der Waals surface area contributed by atoms with Crippen molar-refractivity contribution < 1.29 is 23.8 Å². The van der Waals surface area contributed by atoms with Gasteiger partial charge < -0.3 is 19.1 Å². The Balaban J connectivity index is 1.63. The maximum atomic E-state index is 12.3. The van der Waals surface area contributed by atoms with Crippen molar-refractivity contribution >= 4 is 11.9 Å². The lowest BCUT2D eigenvalue weighted by Gasteiger charge is -2.38. The molecule has 0 spiro atoms. The molecule has 1 aromatic rings. The number of methoxy groups -OCH3 is 1. The topological polar surface area (TPSA) is 65.1 Å². The van der Waals surface area contributed by atoms with E-state index in [1.54, 1.807) is 7.11 Å². The van der Waals surface area contributed by atoms with E-state index in [0.717, 1.165) is 30.8 Å². The summed E-state index contributed by atoms with van der Waals surface area (Å²) in [5.41, 5.74) is 0. The zero-order valence-corrected chi connectivity index (χ0v) is 15.9. The van der Waals surface area contributed by atoms with E-state index < -0.39 is 0 Å². The highest BCUT2D eigenvalue weighted by Crippen LogP contribution is 2.22. The Hall–Kier alpha value is -2.24. The Morgan fingerprint density at radius 1 is 1.08 bits per heavy atom. The SMILES string of the molecule is COc1ccc(OCCCC(=O)OCC(=O)N2C(C)CCCC2C)cc1. The van der Waals surface area contributed by atoms with Crippen molar-refractivity contribution in [3.8, 4) is 11.5 Å². The van der Waals surface area contributed by atoms with Gasteiger partial charge in [0.25, 0.3) is 5.91 Å². The Morgan fingerprint density at radius 3 is 2.31 bits per heavy atom. The number of amides is 1. The predicted octanol–water partition coefficient (Wildman–Crippen LogP) is 3.19. The van der Waals surface area contributed by atoms with E-state index in [2.05, 4.69) is 0 Å². The zero-order chi connectivity index (χ0) is 18.9. The van der Waals surface area contributed by atoms with Crippen LogP contribution < -0.4 is 9.47 Å². The van der Waals surface area contributed by atoms with Gasteiger partial charge in [-0.1, -0.05) is 0 Å². The van der Waals surface area contributed by atoms with Crippen molar-refractivity contribution in [2.24, 2.45) is 0 Å². The molecule has 2 unspecified atom stereocenters. The number of hydrogen-bond donors (Lipinski definition) is 0. The van der Waals surface area contributed by atoms with Crippen LogP contribution in [0, 0.1) is 0 Å². The van der Waals surface area contributed by atoms with E-state index in [1.807, 2.05) is 43.0 Å². The molecule has 1 aromatic carbocycles. The molecule has 6 nitrogen and oxygen atoms in total. The molecule has 0 aromatic heterocycles. The standard InChI is InChI=1S/C20H29NO5/c1-15-6-4-7-16(2)21(15)19(22)14-26-20(23)8-5-13-25-18-11-9-17(24-3)10-12-18/h9-12,15-16H,4-8,13-14H2,1-3H3. The number of carbonyl (C=O) groups is 2. The molecule has 0 aliphatic carbocycles. The Kier molecular flexibility index (Phi) is 7.75. The quantitative estimate of drug-likeness (QED) is 0.524. The van der Waals surface area contributed by atoms with E-state index in [1.165, 1.54) is 0 Å².